The lowest BCUT2D eigenvalue weighted by atomic mass is 9.93. The molecule has 2 atom stereocenters. The number of hydrogen-bond donors (Lipinski definition) is 1. The van der Waals surface area contributed by atoms with Crippen molar-refractivity contribution in [2.24, 2.45) is 5.92 Å². The number of thiophene rings is 1. The quantitative estimate of drug-likeness (QED) is 0.887. The van der Waals surface area contributed by atoms with Crippen LogP contribution in [0.25, 0.3) is 0 Å². The van der Waals surface area contributed by atoms with Crippen molar-refractivity contribution in [3.05, 3.63) is 21.9 Å². The summed E-state index contributed by atoms with van der Waals surface area (Å²) in [6.45, 7) is 7.48. The van der Waals surface area contributed by atoms with E-state index >= 15 is 0 Å². The molecule has 1 aliphatic carbocycles. The fraction of sp³-hybridized carbons (Fsp3) is 0.765. The van der Waals surface area contributed by atoms with E-state index in [4.69, 9.17) is 0 Å². The molecule has 0 spiro atoms. The monoisotopic (exact) mass is 292 g/mol. The summed E-state index contributed by atoms with van der Waals surface area (Å²) in [7, 11) is 0. The second kappa shape index (κ2) is 7.06. The number of aryl methyl sites for hydroxylation is 1. The van der Waals surface area contributed by atoms with E-state index in [1.807, 2.05) is 11.3 Å². The molecule has 2 nitrogen and oxygen atoms in total. The summed E-state index contributed by atoms with van der Waals surface area (Å²) in [4.78, 5) is 4.28. The first-order valence-electron chi connectivity index (χ1n) is 8.35. The maximum atomic E-state index is 3.83. The Kier molecular flexibility index (Phi) is 5.14. The Labute approximate surface area is 127 Å². The van der Waals surface area contributed by atoms with Crippen LogP contribution in [0.5, 0.6) is 0 Å². The van der Waals surface area contributed by atoms with Crippen LogP contribution in [0.4, 0.5) is 0 Å². The minimum atomic E-state index is 0.619. The van der Waals surface area contributed by atoms with E-state index in [0.29, 0.717) is 6.04 Å². The lowest BCUT2D eigenvalue weighted by Crippen LogP contribution is -2.37. The zero-order valence-electron chi connectivity index (χ0n) is 12.7. The van der Waals surface area contributed by atoms with E-state index in [2.05, 4.69) is 28.6 Å². The first-order chi connectivity index (χ1) is 9.83. The number of likely N-dealkylation sites (tertiary alicyclic amines) is 1. The van der Waals surface area contributed by atoms with Crippen molar-refractivity contribution in [2.45, 2.75) is 51.5 Å². The molecule has 1 saturated heterocycles. The molecular formula is C17H28N2S. The van der Waals surface area contributed by atoms with Crippen molar-refractivity contribution in [3.8, 4) is 0 Å². The Bertz CT molecular complexity index is 409. The van der Waals surface area contributed by atoms with Crippen LogP contribution in [0.2, 0.25) is 0 Å². The minimum absolute atomic E-state index is 0.619. The van der Waals surface area contributed by atoms with Crippen molar-refractivity contribution in [1.29, 1.82) is 0 Å². The lowest BCUT2D eigenvalue weighted by molar-refractivity contribution is 0.196. The van der Waals surface area contributed by atoms with Gasteiger partial charge < -0.3 is 10.2 Å². The molecule has 1 aromatic heterocycles. The summed E-state index contributed by atoms with van der Waals surface area (Å²) < 4.78 is 0. The normalized spacial score (nSPS) is 25.4. The Balaban J connectivity index is 1.45. The number of rotatable bonds is 5. The summed E-state index contributed by atoms with van der Waals surface area (Å²) in [6.07, 6.45) is 8.22. The van der Waals surface area contributed by atoms with Gasteiger partial charge in [-0.15, -0.1) is 11.3 Å². The third kappa shape index (κ3) is 3.63. The molecule has 2 aliphatic rings. The molecule has 0 aromatic carbocycles. The van der Waals surface area contributed by atoms with Gasteiger partial charge in [0.25, 0.3) is 0 Å². The minimum Gasteiger partial charge on any atom is -0.310 e. The van der Waals surface area contributed by atoms with Gasteiger partial charge in [0, 0.05) is 17.5 Å². The van der Waals surface area contributed by atoms with Gasteiger partial charge in [-0.2, -0.15) is 0 Å². The van der Waals surface area contributed by atoms with Gasteiger partial charge in [0.1, 0.15) is 0 Å². The molecule has 20 heavy (non-hydrogen) atoms. The molecule has 1 aromatic rings. The van der Waals surface area contributed by atoms with E-state index in [1.54, 1.807) is 10.4 Å². The zero-order chi connectivity index (χ0) is 13.8. The SMILES string of the molecule is CC(CNC1CCCc2sccc21)CN1CCCCC1. The van der Waals surface area contributed by atoms with E-state index in [1.165, 1.54) is 58.2 Å². The Morgan fingerprint density at radius 2 is 2.15 bits per heavy atom. The van der Waals surface area contributed by atoms with Crippen LogP contribution < -0.4 is 5.32 Å². The van der Waals surface area contributed by atoms with E-state index in [-0.39, 0.29) is 0 Å². The third-order valence-electron chi connectivity index (χ3n) is 4.78. The summed E-state index contributed by atoms with van der Waals surface area (Å²) in [6, 6.07) is 2.96. The molecule has 0 saturated carbocycles. The van der Waals surface area contributed by atoms with E-state index in [0.717, 1.165) is 12.5 Å². The van der Waals surface area contributed by atoms with Crippen molar-refractivity contribution in [2.75, 3.05) is 26.2 Å². The number of fused-ring (bicyclic) bond motifs is 1. The Morgan fingerprint density at radius 1 is 1.30 bits per heavy atom. The molecule has 112 valence electrons. The van der Waals surface area contributed by atoms with Gasteiger partial charge in [-0.05, 0) is 74.7 Å². The first kappa shape index (κ1) is 14.6. The van der Waals surface area contributed by atoms with Crippen LogP contribution in [-0.2, 0) is 6.42 Å². The molecule has 3 heteroatoms. The fourth-order valence-corrected chi connectivity index (χ4v) is 4.68. The Morgan fingerprint density at radius 3 is 3.00 bits per heavy atom. The van der Waals surface area contributed by atoms with Gasteiger partial charge in [0.2, 0.25) is 0 Å². The fourth-order valence-electron chi connectivity index (χ4n) is 3.69. The lowest BCUT2D eigenvalue weighted by Gasteiger charge is -2.30. The zero-order valence-corrected chi connectivity index (χ0v) is 13.6. The molecule has 2 unspecified atom stereocenters. The van der Waals surface area contributed by atoms with Crippen molar-refractivity contribution in [1.82, 2.24) is 10.2 Å². The van der Waals surface area contributed by atoms with Gasteiger partial charge in [-0.3, -0.25) is 0 Å². The molecular weight excluding hydrogens is 264 g/mol. The average molecular weight is 292 g/mol. The third-order valence-corrected chi connectivity index (χ3v) is 5.78. The van der Waals surface area contributed by atoms with Gasteiger partial charge >= 0.3 is 0 Å². The number of nitrogens with one attached hydrogen (secondary N) is 1. The average Bonchev–Trinajstić information content (AvgIpc) is 2.95. The molecule has 1 fully saturated rings. The first-order valence-corrected chi connectivity index (χ1v) is 9.23. The predicted octanol–water partition coefficient (Wildman–Crippen LogP) is 3.84. The summed E-state index contributed by atoms with van der Waals surface area (Å²) in [5, 5.41) is 6.10. The van der Waals surface area contributed by atoms with Crippen LogP contribution in [0.1, 0.15) is 55.5 Å². The molecule has 1 aliphatic heterocycles. The molecule has 0 radical (unpaired) electrons. The second-order valence-corrected chi connectivity index (χ2v) is 7.62. The van der Waals surface area contributed by atoms with Gasteiger partial charge in [0.15, 0.2) is 0 Å². The van der Waals surface area contributed by atoms with Crippen molar-refractivity contribution in [3.63, 3.8) is 0 Å². The highest BCUT2D eigenvalue weighted by molar-refractivity contribution is 7.10. The van der Waals surface area contributed by atoms with Crippen molar-refractivity contribution >= 4 is 11.3 Å². The van der Waals surface area contributed by atoms with Crippen molar-refractivity contribution < 1.29 is 0 Å². The van der Waals surface area contributed by atoms with Gasteiger partial charge in [0.05, 0.1) is 0 Å². The highest BCUT2D eigenvalue weighted by Gasteiger charge is 2.21. The highest BCUT2D eigenvalue weighted by Crippen LogP contribution is 2.33. The molecule has 0 amide bonds. The van der Waals surface area contributed by atoms with Gasteiger partial charge in [-0.25, -0.2) is 0 Å². The maximum absolute atomic E-state index is 3.83. The predicted molar refractivity (Wildman–Crippen MR) is 87.5 cm³/mol. The van der Waals surface area contributed by atoms with E-state index < -0.39 is 0 Å². The summed E-state index contributed by atoms with van der Waals surface area (Å²) >= 11 is 1.94. The second-order valence-electron chi connectivity index (χ2n) is 6.62. The standard InChI is InChI=1S/C17H28N2S/c1-14(13-19-9-3-2-4-10-19)12-18-16-6-5-7-17-15(16)8-11-20-17/h8,11,14,16,18H,2-7,9-10,12-13H2,1H3. The summed E-state index contributed by atoms with van der Waals surface area (Å²) in [5.74, 6) is 0.761. The van der Waals surface area contributed by atoms with Crippen LogP contribution in [0.3, 0.4) is 0 Å². The topological polar surface area (TPSA) is 15.3 Å². The van der Waals surface area contributed by atoms with Crippen LogP contribution in [0.15, 0.2) is 11.4 Å². The Hall–Kier alpha value is -0.380. The number of nitrogens with zero attached hydrogens (tertiary/aromatic N) is 1. The molecule has 3 rings (SSSR count). The molecule has 2 heterocycles. The highest BCUT2D eigenvalue weighted by atomic mass is 32.1. The number of piperidine rings is 1. The van der Waals surface area contributed by atoms with Gasteiger partial charge in [-0.1, -0.05) is 13.3 Å². The largest absolute Gasteiger partial charge is 0.310 e. The maximum Gasteiger partial charge on any atom is 0.0331 e. The molecule has 1 N–H and O–H groups in total. The van der Waals surface area contributed by atoms with E-state index in [9.17, 15) is 0 Å². The van der Waals surface area contributed by atoms with Crippen LogP contribution >= 0.6 is 11.3 Å². The number of hydrogen-bond acceptors (Lipinski definition) is 3. The summed E-state index contributed by atoms with van der Waals surface area (Å²) in [5.41, 5.74) is 1.59. The molecule has 0 bridgehead atoms. The smallest absolute Gasteiger partial charge is 0.0331 e. The van der Waals surface area contributed by atoms with Crippen LogP contribution in [-0.4, -0.2) is 31.1 Å². The van der Waals surface area contributed by atoms with Crippen LogP contribution in [0, 0.1) is 5.92 Å².